The van der Waals surface area contributed by atoms with Gasteiger partial charge in [-0.1, -0.05) is 13.8 Å². The molecule has 2 nitrogen and oxygen atoms in total. The number of hydrogen-bond acceptors (Lipinski definition) is 3. The molecule has 1 heterocycles. The zero-order valence-electron chi connectivity index (χ0n) is 8.72. The molecule has 80 valence electrons. The summed E-state index contributed by atoms with van der Waals surface area (Å²) in [4.78, 5) is 4.39. The van der Waals surface area contributed by atoms with Crippen molar-refractivity contribution in [1.82, 2.24) is 10.3 Å². The number of halogens is 1. The summed E-state index contributed by atoms with van der Waals surface area (Å²) in [5, 5.41) is 6.63. The fraction of sp³-hybridized carbons (Fsp3) is 0.700. The first-order valence-corrected chi connectivity index (χ1v) is 6.44. The fourth-order valence-corrected chi connectivity index (χ4v) is 2.27. The minimum absolute atomic E-state index is 0.515. The number of nitrogens with zero attached hydrogens (tertiary/aromatic N) is 1. The molecule has 0 atom stereocenters. The monoisotopic (exact) mass is 232 g/mol. The van der Waals surface area contributed by atoms with Gasteiger partial charge < -0.3 is 5.32 Å². The first-order valence-electron chi connectivity index (χ1n) is 5.02. The van der Waals surface area contributed by atoms with Crippen molar-refractivity contribution < 1.29 is 0 Å². The molecule has 0 aromatic carbocycles. The summed E-state index contributed by atoms with van der Waals surface area (Å²) in [6.07, 6.45) is 2.34. The lowest BCUT2D eigenvalue weighted by atomic mass is 10.2. The molecule has 4 heteroatoms. The van der Waals surface area contributed by atoms with Crippen LogP contribution in [-0.4, -0.2) is 11.0 Å². The molecule has 0 aliphatic carbocycles. The van der Waals surface area contributed by atoms with Crippen LogP contribution in [0.5, 0.6) is 0 Å². The van der Waals surface area contributed by atoms with Gasteiger partial charge in [-0.25, -0.2) is 4.98 Å². The fourth-order valence-electron chi connectivity index (χ4n) is 1.30. The molecule has 0 radical (unpaired) electrons. The Morgan fingerprint density at radius 2 is 2.21 bits per heavy atom. The third-order valence-electron chi connectivity index (χ3n) is 2.26. The Labute approximate surface area is 94.7 Å². The number of thiazole rings is 1. The van der Waals surface area contributed by atoms with Crippen LogP contribution >= 0.6 is 22.9 Å². The molecule has 0 amide bonds. The van der Waals surface area contributed by atoms with E-state index < -0.39 is 0 Å². The van der Waals surface area contributed by atoms with Crippen LogP contribution in [0.25, 0.3) is 0 Å². The van der Waals surface area contributed by atoms with Crippen molar-refractivity contribution in [2.45, 2.75) is 45.2 Å². The van der Waals surface area contributed by atoms with Gasteiger partial charge in [-0.15, -0.1) is 22.9 Å². The topological polar surface area (TPSA) is 24.9 Å². The van der Waals surface area contributed by atoms with Crippen LogP contribution in [0.1, 0.15) is 37.4 Å². The Balaban J connectivity index is 2.37. The summed E-state index contributed by atoms with van der Waals surface area (Å²) >= 11 is 7.36. The third-order valence-corrected chi connectivity index (χ3v) is 3.44. The van der Waals surface area contributed by atoms with Gasteiger partial charge in [0.2, 0.25) is 0 Å². The summed E-state index contributed by atoms with van der Waals surface area (Å²) < 4.78 is 0. The number of rotatable bonds is 6. The van der Waals surface area contributed by atoms with E-state index in [9.17, 15) is 0 Å². The molecule has 0 fully saturated rings. The second-order valence-corrected chi connectivity index (χ2v) is 4.47. The molecule has 0 bridgehead atoms. The second kappa shape index (κ2) is 6.38. The Kier molecular flexibility index (Phi) is 5.45. The molecule has 0 aliphatic heterocycles. The highest BCUT2D eigenvalue weighted by molar-refractivity contribution is 7.09. The van der Waals surface area contributed by atoms with E-state index in [4.69, 9.17) is 11.6 Å². The van der Waals surface area contributed by atoms with Gasteiger partial charge in [0.05, 0.1) is 11.6 Å². The molecule has 1 N–H and O–H groups in total. The van der Waals surface area contributed by atoms with Gasteiger partial charge in [0.25, 0.3) is 0 Å². The maximum atomic E-state index is 5.68. The van der Waals surface area contributed by atoms with Gasteiger partial charge in [0, 0.05) is 18.0 Å². The lowest BCUT2D eigenvalue weighted by molar-refractivity contribution is 0.483. The van der Waals surface area contributed by atoms with Gasteiger partial charge in [0.1, 0.15) is 5.01 Å². The zero-order chi connectivity index (χ0) is 10.4. The summed E-state index contributed by atoms with van der Waals surface area (Å²) in [6, 6.07) is 0.610. The van der Waals surface area contributed by atoms with Crippen LogP contribution in [0.15, 0.2) is 5.38 Å². The highest BCUT2D eigenvalue weighted by atomic mass is 35.5. The van der Waals surface area contributed by atoms with E-state index in [1.807, 2.05) is 5.38 Å². The molecule has 1 aromatic heterocycles. The molecule has 0 unspecified atom stereocenters. The summed E-state index contributed by atoms with van der Waals surface area (Å²) in [7, 11) is 0. The lowest BCUT2D eigenvalue weighted by Gasteiger charge is -2.12. The Morgan fingerprint density at radius 1 is 1.50 bits per heavy atom. The zero-order valence-corrected chi connectivity index (χ0v) is 10.3. The van der Waals surface area contributed by atoms with E-state index in [1.165, 1.54) is 12.8 Å². The minimum atomic E-state index is 0.515. The highest BCUT2D eigenvalue weighted by Gasteiger charge is 2.04. The molecule has 0 saturated heterocycles. The van der Waals surface area contributed by atoms with Crippen LogP contribution in [0, 0.1) is 0 Å². The van der Waals surface area contributed by atoms with Crippen molar-refractivity contribution in [1.29, 1.82) is 0 Å². The molecule has 0 aliphatic rings. The number of aromatic nitrogens is 1. The summed E-state index contributed by atoms with van der Waals surface area (Å²) in [5.74, 6) is 0.515. The first kappa shape index (κ1) is 12.0. The van der Waals surface area contributed by atoms with Crippen molar-refractivity contribution in [2.24, 2.45) is 0 Å². The first-order chi connectivity index (χ1) is 6.80. The van der Waals surface area contributed by atoms with Crippen LogP contribution in [-0.2, 0) is 12.4 Å². The van der Waals surface area contributed by atoms with Crippen molar-refractivity contribution in [2.75, 3.05) is 0 Å². The van der Waals surface area contributed by atoms with Crippen LogP contribution in [0.3, 0.4) is 0 Å². The van der Waals surface area contributed by atoms with E-state index in [2.05, 4.69) is 24.1 Å². The van der Waals surface area contributed by atoms with Crippen molar-refractivity contribution in [3.05, 3.63) is 16.1 Å². The summed E-state index contributed by atoms with van der Waals surface area (Å²) in [5.41, 5.74) is 0.984. The number of alkyl halides is 1. The Hall–Kier alpha value is -0.120. The number of nitrogens with one attached hydrogen (secondary N) is 1. The van der Waals surface area contributed by atoms with Gasteiger partial charge in [0.15, 0.2) is 0 Å². The molecular weight excluding hydrogens is 216 g/mol. The molecule has 1 rings (SSSR count). The summed E-state index contributed by atoms with van der Waals surface area (Å²) in [6.45, 7) is 5.27. The average Bonchev–Trinajstić information content (AvgIpc) is 2.67. The van der Waals surface area contributed by atoms with Crippen LogP contribution in [0.4, 0.5) is 0 Å². The predicted molar refractivity (Wildman–Crippen MR) is 62.9 cm³/mol. The Bertz CT molecular complexity index is 258. The largest absolute Gasteiger partial charge is 0.308 e. The van der Waals surface area contributed by atoms with Crippen molar-refractivity contribution in [3.8, 4) is 0 Å². The average molecular weight is 233 g/mol. The normalized spacial score (nSPS) is 11.1. The van der Waals surface area contributed by atoms with E-state index in [1.54, 1.807) is 11.3 Å². The van der Waals surface area contributed by atoms with Gasteiger partial charge >= 0.3 is 0 Å². The van der Waals surface area contributed by atoms with Gasteiger partial charge in [-0.3, -0.25) is 0 Å². The van der Waals surface area contributed by atoms with E-state index >= 15 is 0 Å². The van der Waals surface area contributed by atoms with Gasteiger partial charge in [-0.2, -0.15) is 0 Å². The standard InChI is InChI=1S/C10H17ClN2S/c1-3-8(4-2)12-6-10-13-9(5-11)7-14-10/h7-8,12H,3-6H2,1-2H3. The smallest absolute Gasteiger partial charge is 0.107 e. The Morgan fingerprint density at radius 3 is 2.71 bits per heavy atom. The molecule has 0 spiro atoms. The van der Waals surface area contributed by atoms with Crippen LogP contribution in [0.2, 0.25) is 0 Å². The lowest BCUT2D eigenvalue weighted by Crippen LogP contribution is -2.26. The maximum Gasteiger partial charge on any atom is 0.107 e. The molecular formula is C10H17ClN2S. The van der Waals surface area contributed by atoms with Crippen molar-refractivity contribution in [3.63, 3.8) is 0 Å². The SMILES string of the molecule is CCC(CC)NCc1nc(CCl)cs1. The second-order valence-electron chi connectivity index (χ2n) is 3.26. The third kappa shape index (κ3) is 3.56. The van der Waals surface area contributed by atoms with E-state index in [-0.39, 0.29) is 0 Å². The molecule has 0 saturated carbocycles. The van der Waals surface area contributed by atoms with Crippen molar-refractivity contribution >= 4 is 22.9 Å². The quantitative estimate of drug-likeness (QED) is 0.763. The molecule has 1 aromatic rings. The van der Waals surface area contributed by atoms with Crippen LogP contribution < -0.4 is 5.32 Å². The minimum Gasteiger partial charge on any atom is -0.308 e. The number of hydrogen-bond donors (Lipinski definition) is 1. The van der Waals surface area contributed by atoms with E-state index in [0.717, 1.165) is 17.2 Å². The predicted octanol–water partition coefficient (Wildman–Crippen LogP) is 3.16. The highest BCUT2D eigenvalue weighted by Crippen LogP contribution is 2.11. The van der Waals surface area contributed by atoms with E-state index in [0.29, 0.717) is 11.9 Å². The van der Waals surface area contributed by atoms with Gasteiger partial charge in [-0.05, 0) is 12.8 Å². The molecule has 14 heavy (non-hydrogen) atoms. The maximum absolute atomic E-state index is 5.68.